The Balaban J connectivity index is 2.45. The second-order valence-corrected chi connectivity index (χ2v) is 3.33. The largest absolute Gasteiger partial charge is 0.385 e. The van der Waals surface area contributed by atoms with Crippen LogP contribution in [0.5, 0.6) is 0 Å². The van der Waals surface area contributed by atoms with Crippen molar-refractivity contribution in [2.75, 3.05) is 13.6 Å². The minimum Gasteiger partial charge on any atom is -0.385 e. The van der Waals surface area contributed by atoms with Crippen molar-refractivity contribution >= 4 is 12.2 Å². The number of rotatable bonds is 0. The number of hydrogen-bond donors (Lipinski definition) is 1. The van der Waals surface area contributed by atoms with Gasteiger partial charge in [0.25, 0.3) is 0 Å². The molecule has 1 N–H and O–H groups in total. The number of nitrogens with zero attached hydrogens (tertiary/aromatic N) is 1. The van der Waals surface area contributed by atoms with Gasteiger partial charge in [0.1, 0.15) is 10.4 Å². The second kappa shape index (κ2) is 2.46. The van der Waals surface area contributed by atoms with Gasteiger partial charge in [0, 0.05) is 25.1 Å². The van der Waals surface area contributed by atoms with Crippen molar-refractivity contribution in [2.24, 2.45) is 0 Å². The molecule has 60 valence electrons. The Morgan fingerprint density at radius 3 is 3.27 bits per heavy atom. The van der Waals surface area contributed by atoms with Crippen LogP contribution in [0.25, 0.3) is 0 Å². The fourth-order valence-electron chi connectivity index (χ4n) is 1.36. The molecule has 0 fully saturated rings. The minimum absolute atomic E-state index is 0.756. The minimum atomic E-state index is 0.756. The summed E-state index contributed by atoms with van der Waals surface area (Å²) in [5.74, 6) is 1.04. The van der Waals surface area contributed by atoms with Crippen LogP contribution in [0.15, 0.2) is 4.52 Å². The van der Waals surface area contributed by atoms with Gasteiger partial charge < -0.3 is 9.42 Å². The number of aromatic amines is 1. The van der Waals surface area contributed by atoms with Crippen molar-refractivity contribution in [3.8, 4) is 0 Å². The summed E-state index contributed by atoms with van der Waals surface area (Å²) in [7, 11) is 2.09. The number of fused-ring (bicyclic) bond motifs is 1. The summed E-state index contributed by atoms with van der Waals surface area (Å²) in [6.45, 7) is 1.98. The van der Waals surface area contributed by atoms with E-state index in [-0.39, 0.29) is 0 Å². The maximum atomic E-state index is 5.18. The molecular formula is C7H10N2OS. The zero-order valence-corrected chi connectivity index (χ0v) is 7.20. The summed E-state index contributed by atoms with van der Waals surface area (Å²) in [6, 6.07) is 0. The predicted octanol–water partition coefficient (Wildman–Crippen LogP) is 1.33. The van der Waals surface area contributed by atoms with Crippen LogP contribution in [0.2, 0.25) is 0 Å². The molecule has 0 atom stereocenters. The van der Waals surface area contributed by atoms with Crippen molar-refractivity contribution in [1.29, 1.82) is 0 Å². The molecule has 0 amide bonds. The first-order chi connectivity index (χ1) is 5.27. The van der Waals surface area contributed by atoms with E-state index in [2.05, 4.69) is 17.1 Å². The molecule has 0 saturated carbocycles. The maximum Gasteiger partial charge on any atom is 0.142 e. The molecule has 1 aromatic rings. The summed E-state index contributed by atoms with van der Waals surface area (Å²) < 4.78 is 5.94. The van der Waals surface area contributed by atoms with Crippen LogP contribution in [0.4, 0.5) is 0 Å². The van der Waals surface area contributed by atoms with Crippen LogP contribution in [0.3, 0.4) is 0 Å². The molecule has 1 aromatic heterocycles. The van der Waals surface area contributed by atoms with Crippen LogP contribution < -0.4 is 0 Å². The van der Waals surface area contributed by atoms with Crippen molar-refractivity contribution in [3.63, 3.8) is 0 Å². The highest BCUT2D eigenvalue weighted by Gasteiger charge is 2.17. The van der Waals surface area contributed by atoms with E-state index in [0.717, 1.165) is 35.5 Å². The number of aromatic nitrogens is 1. The van der Waals surface area contributed by atoms with Crippen LogP contribution >= 0.6 is 12.2 Å². The lowest BCUT2D eigenvalue weighted by molar-refractivity contribution is 0.281. The van der Waals surface area contributed by atoms with Crippen molar-refractivity contribution < 1.29 is 4.52 Å². The molecule has 2 heterocycles. The Morgan fingerprint density at radius 1 is 1.64 bits per heavy atom. The first kappa shape index (κ1) is 7.06. The summed E-state index contributed by atoms with van der Waals surface area (Å²) in [6.07, 6.45) is 0.971. The molecule has 0 spiro atoms. The zero-order chi connectivity index (χ0) is 7.84. The second-order valence-electron chi connectivity index (χ2n) is 2.92. The molecule has 1 aliphatic rings. The summed E-state index contributed by atoms with van der Waals surface area (Å²) in [4.78, 5) is 2.24. The molecule has 0 aliphatic carbocycles. The van der Waals surface area contributed by atoms with Gasteiger partial charge in [0.05, 0.1) is 0 Å². The van der Waals surface area contributed by atoms with E-state index in [4.69, 9.17) is 16.7 Å². The molecule has 2 rings (SSSR count). The van der Waals surface area contributed by atoms with Crippen LogP contribution in [0.1, 0.15) is 11.3 Å². The summed E-state index contributed by atoms with van der Waals surface area (Å²) >= 11 is 5.05. The molecule has 0 aromatic carbocycles. The first-order valence-electron chi connectivity index (χ1n) is 3.65. The molecule has 1 aliphatic heterocycles. The lowest BCUT2D eigenvalue weighted by atomic mass is 10.1. The molecular weight excluding hydrogens is 160 g/mol. The summed E-state index contributed by atoms with van der Waals surface area (Å²) in [5, 5.41) is 2.71. The monoisotopic (exact) mass is 170 g/mol. The van der Waals surface area contributed by atoms with Crippen LogP contribution in [-0.4, -0.2) is 23.6 Å². The van der Waals surface area contributed by atoms with E-state index in [0.29, 0.717) is 0 Å². The topological polar surface area (TPSA) is 32.2 Å². The van der Waals surface area contributed by atoms with Gasteiger partial charge in [-0.25, -0.2) is 5.16 Å². The van der Waals surface area contributed by atoms with Gasteiger partial charge in [0.15, 0.2) is 0 Å². The van der Waals surface area contributed by atoms with Gasteiger partial charge in [-0.2, -0.15) is 0 Å². The lowest BCUT2D eigenvalue weighted by Gasteiger charge is -2.19. The first-order valence-corrected chi connectivity index (χ1v) is 4.06. The molecule has 0 radical (unpaired) electrons. The van der Waals surface area contributed by atoms with Crippen LogP contribution in [-0.2, 0) is 13.0 Å². The molecule has 11 heavy (non-hydrogen) atoms. The molecule has 4 heteroatoms. The third-order valence-electron chi connectivity index (χ3n) is 2.03. The number of H-pyrrole nitrogens is 1. The Hall–Kier alpha value is -0.610. The Labute approximate surface area is 70.0 Å². The molecule has 0 bridgehead atoms. The van der Waals surface area contributed by atoms with Gasteiger partial charge in [0.2, 0.25) is 0 Å². The fourth-order valence-corrected chi connectivity index (χ4v) is 1.58. The smallest absolute Gasteiger partial charge is 0.142 e. The van der Waals surface area contributed by atoms with E-state index in [1.807, 2.05) is 0 Å². The Bertz CT molecular complexity index is 314. The average Bonchev–Trinajstić information content (AvgIpc) is 2.33. The SMILES string of the molecule is CN1CCc2o[nH]c(=S)c2C1. The Kier molecular flexibility index (Phi) is 1.58. The van der Waals surface area contributed by atoms with E-state index in [1.54, 1.807) is 0 Å². The normalized spacial score (nSPS) is 18.3. The molecule has 0 unspecified atom stereocenters. The van der Waals surface area contributed by atoms with Gasteiger partial charge in [-0.1, -0.05) is 12.2 Å². The van der Waals surface area contributed by atoms with Crippen LogP contribution in [0, 0.1) is 4.64 Å². The van der Waals surface area contributed by atoms with Crippen molar-refractivity contribution in [1.82, 2.24) is 10.1 Å². The molecule has 0 saturated heterocycles. The highest BCUT2D eigenvalue weighted by Crippen LogP contribution is 2.17. The average molecular weight is 170 g/mol. The third-order valence-corrected chi connectivity index (χ3v) is 2.36. The number of nitrogens with one attached hydrogen (secondary N) is 1. The highest BCUT2D eigenvalue weighted by molar-refractivity contribution is 7.71. The van der Waals surface area contributed by atoms with Crippen molar-refractivity contribution in [2.45, 2.75) is 13.0 Å². The van der Waals surface area contributed by atoms with E-state index in [1.165, 1.54) is 0 Å². The van der Waals surface area contributed by atoms with Gasteiger partial charge in [-0.05, 0) is 7.05 Å². The quantitative estimate of drug-likeness (QED) is 0.596. The predicted molar refractivity (Wildman–Crippen MR) is 43.9 cm³/mol. The van der Waals surface area contributed by atoms with Gasteiger partial charge in [-0.15, -0.1) is 0 Å². The standard InChI is InChI=1S/C7H10N2OS/c1-9-3-2-6-5(4-9)7(11)8-10-6/h2-4H2,1H3,(H,8,11). The zero-order valence-electron chi connectivity index (χ0n) is 6.39. The number of likely N-dealkylation sites (N-methyl/N-ethyl adjacent to an activating group) is 1. The highest BCUT2D eigenvalue weighted by atomic mass is 32.1. The third kappa shape index (κ3) is 1.12. The van der Waals surface area contributed by atoms with E-state index in [9.17, 15) is 0 Å². The lowest BCUT2D eigenvalue weighted by Crippen LogP contribution is -2.25. The van der Waals surface area contributed by atoms with Gasteiger partial charge in [-0.3, -0.25) is 0 Å². The maximum absolute atomic E-state index is 5.18. The van der Waals surface area contributed by atoms with Crippen molar-refractivity contribution in [3.05, 3.63) is 16.0 Å². The Morgan fingerprint density at radius 2 is 2.45 bits per heavy atom. The van der Waals surface area contributed by atoms with E-state index < -0.39 is 0 Å². The number of hydrogen-bond acceptors (Lipinski definition) is 3. The summed E-state index contributed by atoms with van der Waals surface area (Å²) in [5.41, 5.74) is 1.16. The van der Waals surface area contributed by atoms with E-state index >= 15 is 0 Å². The fraction of sp³-hybridized carbons (Fsp3) is 0.571. The molecule has 3 nitrogen and oxygen atoms in total. The van der Waals surface area contributed by atoms with Gasteiger partial charge >= 0.3 is 0 Å².